The standard InChI is InChI=1S/C18H16N4O2/c19-5-6-22-15-11-17-16(23-7-8-24-17)10-14(15)21-18(22)9-12-1-3-13(20)4-2-12/h1-4,10-11H,6-9,20H2. The van der Waals surface area contributed by atoms with Crippen molar-refractivity contribution < 1.29 is 9.47 Å². The van der Waals surface area contributed by atoms with Crippen LogP contribution in [0, 0.1) is 11.3 Å². The van der Waals surface area contributed by atoms with Crippen LogP contribution in [0.3, 0.4) is 0 Å². The Labute approximate surface area is 139 Å². The van der Waals surface area contributed by atoms with Gasteiger partial charge in [-0.25, -0.2) is 4.98 Å². The van der Waals surface area contributed by atoms with Gasteiger partial charge in [0.1, 0.15) is 25.6 Å². The molecule has 6 heteroatoms. The topological polar surface area (TPSA) is 86.1 Å². The van der Waals surface area contributed by atoms with Gasteiger partial charge in [-0.3, -0.25) is 0 Å². The maximum atomic E-state index is 9.19. The Balaban J connectivity index is 1.80. The highest BCUT2D eigenvalue weighted by Gasteiger charge is 2.18. The van der Waals surface area contributed by atoms with E-state index in [4.69, 9.17) is 20.2 Å². The fraction of sp³-hybridized carbons (Fsp3) is 0.222. The Hall–Kier alpha value is -3.20. The van der Waals surface area contributed by atoms with Gasteiger partial charge in [-0.2, -0.15) is 5.26 Å². The number of imidazole rings is 1. The van der Waals surface area contributed by atoms with Gasteiger partial charge in [0.15, 0.2) is 11.5 Å². The van der Waals surface area contributed by atoms with E-state index in [0.717, 1.165) is 28.1 Å². The normalized spacial score (nSPS) is 13.0. The largest absolute Gasteiger partial charge is 0.486 e. The summed E-state index contributed by atoms with van der Waals surface area (Å²) in [6.45, 7) is 1.30. The molecule has 0 spiro atoms. The van der Waals surface area contributed by atoms with Crippen molar-refractivity contribution in [1.29, 1.82) is 5.26 Å². The summed E-state index contributed by atoms with van der Waals surface area (Å²) in [5.74, 6) is 2.24. The molecule has 0 saturated heterocycles. The van der Waals surface area contributed by atoms with E-state index in [9.17, 15) is 5.26 Å². The minimum atomic E-state index is 0.237. The first-order valence-electron chi connectivity index (χ1n) is 7.75. The van der Waals surface area contributed by atoms with E-state index in [2.05, 4.69) is 6.07 Å². The molecule has 2 heterocycles. The number of nitriles is 1. The van der Waals surface area contributed by atoms with Crippen LogP contribution >= 0.6 is 0 Å². The highest BCUT2D eigenvalue weighted by atomic mass is 16.6. The second kappa shape index (κ2) is 5.78. The van der Waals surface area contributed by atoms with Gasteiger partial charge < -0.3 is 19.8 Å². The number of rotatable bonds is 3. The Bertz CT molecular complexity index is 938. The van der Waals surface area contributed by atoms with Crippen molar-refractivity contribution in [3.8, 4) is 17.6 Å². The maximum Gasteiger partial charge on any atom is 0.163 e. The van der Waals surface area contributed by atoms with Gasteiger partial charge in [-0.05, 0) is 17.7 Å². The van der Waals surface area contributed by atoms with Crippen molar-refractivity contribution in [3.05, 3.63) is 47.8 Å². The molecule has 6 nitrogen and oxygen atoms in total. The predicted octanol–water partition coefficient (Wildman–Crippen LogP) is 2.50. The molecule has 0 bridgehead atoms. The molecule has 3 aromatic rings. The molecule has 0 atom stereocenters. The van der Waals surface area contributed by atoms with Gasteiger partial charge in [-0.15, -0.1) is 0 Å². The summed E-state index contributed by atoms with van der Waals surface area (Å²) in [5.41, 5.74) is 9.24. The van der Waals surface area contributed by atoms with E-state index < -0.39 is 0 Å². The lowest BCUT2D eigenvalue weighted by atomic mass is 10.1. The molecule has 1 aliphatic rings. The van der Waals surface area contributed by atoms with Crippen molar-refractivity contribution in [1.82, 2.24) is 9.55 Å². The van der Waals surface area contributed by atoms with Crippen LogP contribution in [0.4, 0.5) is 5.69 Å². The Kier molecular flexibility index (Phi) is 3.47. The van der Waals surface area contributed by atoms with Gasteiger partial charge in [0.2, 0.25) is 0 Å². The molecule has 1 aliphatic heterocycles. The van der Waals surface area contributed by atoms with Gasteiger partial charge >= 0.3 is 0 Å². The Morgan fingerprint density at radius 3 is 2.54 bits per heavy atom. The average Bonchev–Trinajstić information content (AvgIpc) is 2.92. The molecule has 1 aromatic heterocycles. The number of hydrogen-bond acceptors (Lipinski definition) is 5. The van der Waals surface area contributed by atoms with Crippen LogP contribution in [-0.2, 0) is 13.0 Å². The first-order valence-corrected chi connectivity index (χ1v) is 7.75. The lowest BCUT2D eigenvalue weighted by molar-refractivity contribution is 0.172. The first kappa shape index (κ1) is 14.4. The second-order valence-corrected chi connectivity index (χ2v) is 5.68. The lowest BCUT2D eigenvalue weighted by Crippen LogP contribution is -2.15. The zero-order valence-electron chi connectivity index (χ0n) is 13.0. The molecule has 120 valence electrons. The smallest absolute Gasteiger partial charge is 0.163 e. The highest BCUT2D eigenvalue weighted by molar-refractivity contribution is 5.81. The van der Waals surface area contributed by atoms with Gasteiger partial charge in [-0.1, -0.05) is 12.1 Å². The number of nitrogens with zero attached hydrogens (tertiary/aromatic N) is 3. The van der Waals surface area contributed by atoms with E-state index >= 15 is 0 Å². The minimum absolute atomic E-state index is 0.237. The van der Waals surface area contributed by atoms with Crippen LogP contribution in [0.15, 0.2) is 36.4 Å². The Morgan fingerprint density at radius 1 is 1.12 bits per heavy atom. The summed E-state index contributed by atoms with van der Waals surface area (Å²) in [6, 6.07) is 13.7. The molecule has 2 aromatic carbocycles. The van der Waals surface area contributed by atoms with Gasteiger partial charge in [0, 0.05) is 24.2 Å². The zero-order valence-corrected chi connectivity index (χ0v) is 13.0. The molecule has 0 saturated carbocycles. The van der Waals surface area contributed by atoms with Gasteiger partial charge in [0.25, 0.3) is 0 Å². The Morgan fingerprint density at radius 2 is 1.83 bits per heavy atom. The molecule has 4 rings (SSSR count). The van der Waals surface area contributed by atoms with Crippen LogP contribution in [0.25, 0.3) is 11.0 Å². The van der Waals surface area contributed by atoms with Crippen molar-refractivity contribution in [2.75, 3.05) is 18.9 Å². The molecular weight excluding hydrogens is 304 g/mol. The minimum Gasteiger partial charge on any atom is -0.486 e. The number of anilines is 1. The van der Waals surface area contributed by atoms with Crippen LogP contribution in [0.5, 0.6) is 11.5 Å². The lowest BCUT2D eigenvalue weighted by Gasteiger charge is -2.18. The second-order valence-electron chi connectivity index (χ2n) is 5.68. The number of nitrogens with two attached hydrogens (primary N) is 1. The van der Waals surface area contributed by atoms with E-state index in [-0.39, 0.29) is 6.54 Å². The number of benzene rings is 2. The quantitative estimate of drug-likeness (QED) is 0.749. The van der Waals surface area contributed by atoms with E-state index in [1.54, 1.807) is 0 Å². The maximum absolute atomic E-state index is 9.19. The zero-order chi connectivity index (χ0) is 16.5. The molecule has 0 unspecified atom stereocenters. The molecule has 0 amide bonds. The SMILES string of the molecule is N#CCn1c(Cc2ccc(N)cc2)nc2cc3c(cc21)OCCO3. The summed E-state index contributed by atoms with van der Waals surface area (Å²) in [6.07, 6.45) is 0.628. The third-order valence-corrected chi connectivity index (χ3v) is 4.06. The summed E-state index contributed by atoms with van der Waals surface area (Å²) >= 11 is 0. The van der Waals surface area contributed by atoms with E-state index in [1.165, 1.54) is 0 Å². The van der Waals surface area contributed by atoms with Crippen molar-refractivity contribution in [3.63, 3.8) is 0 Å². The van der Waals surface area contributed by atoms with Gasteiger partial charge in [0.05, 0.1) is 17.1 Å². The summed E-state index contributed by atoms with van der Waals surface area (Å²) in [4.78, 5) is 4.70. The number of aromatic nitrogens is 2. The molecule has 24 heavy (non-hydrogen) atoms. The predicted molar refractivity (Wildman–Crippen MR) is 90.0 cm³/mol. The molecule has 2 N–H and O–H groups in total. The fourth-order valence-corrected chi connectivity index (χ4v) is 2.91. The van der Waals surface area contributed by atoms with Crippen molar-refractivity contribution >= 4 is 16.7 Å². The van der Waals surface area contributed by atoms with Crippen LogP contribution in [-0.4, -0.2) is 22.8 Å². The summed E-state index contributed by atoms with van der Waals surface area (Å²) in [5, 5.41) is 9.19. The third kappa shape index (κ3) is 2.50. The number of ether oxygens (including phenoxy) is 2. The molecule has 0 fully saturated rings. The molecule has 0 radical (unpaired) electrons. The average molecular weight is 320 g/mol. The highest BCUT2D eigenvalue weighted by Crippen LogP contribution is 2.35. The van der Waals surface area contributed by atoms with E-state index in [0.29, 0.717) is 31.1 Å². The third-order valence-electron chi connectivity index (χ3n) is 4.06. The first-order chi connectivity index (χ1) is 11.7. The summed E-state index contributed by atoms with van der Waals surface area (Å²) < 4.78 is 13.2. The number of nitrogen functional groups attached to an aromatic ring is 1. The van der Waals surface area contributed by atoms with Crippen molar-refractivity contribution in [2.45, 2.75) is 13.0 Å². The monoisotopic (exact) mass is 320 g/mol. The fourth-order valence-electron chi connectivity index (χ4n) is 2.91. The number of fused-ring (bicyclic) bond motifs is 2. The molecular formula is C18H16N4O2. The van der Waals surface area contributed by atoms with Crippen LogP contribution in [0.2, 0.25) is 0 Å². The number of hydrogen-bond donors (Lipinski definition) is 1. The molecule has 0 aliphatic carbocycles. The van der Waals surface area contributed by atoms with Crippen LogP contribution < -0.4 is 15.2 Å². The van der Waals surface area contributed by atoms with E-state index in [1.807, 2.05) is 41.0 Å². The summed E-state index contributed by atoms with van der Waals surface area (Å²) in [7, 11) is 0. The van der Waals surface area contributed by atoms with Crippen LogP contribution in [0.1, 0.15) is 11.4 Å². The van der Waals surface area contributed by atoms with Crippen molar-refractivity contribution in [2.24, 2.45) is 0 Å².